The summed E-state index contributed by atoms with van der Waals surface area (Å²) < 4.78 is 15.3. The Morgan fingerprint density at radius 2 is 1.82 bits per heavy atom. The van der Waals surface area contributed by atoms with Gasteiger partial charge in [0.25, 0.3) is 0 Å². The third-order valence-corrected chi connectivity index (χ3v) is 3.54. The van der Waals surface area contributed by atoms with Crippen molar-refractivity contribution in [1.29, 1.82) is 0 Å². The van der Waals surface area contributed by atoms with Gasteiger partial charge in [-0.25, -0.2) is 4.39 Å². The number of rotatable bonds is 3. The normalized spacial score (nSPS) is 10.3. The fraction of sp³-hybridized carbons (Fsp3) is 0.0769. The number of anilines is 1. The van der Waals surface area contributed by atoms with E-state index in [1.54, 1.807) is 12.1 Å². The second-order valence-corrected chi connectivity index (χ2v) is 5.34. The minimum absolute atomic E-state index is 0.201. The maximum absolute atomic E-state index is 13.5. The van der Waals surface area contributed by atoms with Crippen molar-refractivity contribution in [3.63, 3.8) is 0 Å². The SMILES string of the molecule is Fc1ccc(Br)cc1CNc1ccccc1Br. The summed E-state index contributed by atoms with van der Waals surface area (Å²) >= 11 is 6.77. The zero-order valence-electron chi connectivity index (χ0n) is 8.88. The number of benzene rings is 2. The zero-order chi connectivity index (χ0) is 12.3. The van der Waals surface area contributed by atoms with Gasteiger partial charge < -0.3 is 5.32 Å². The predicted molar refractivity (Wildman–Crippen MR) is 75.6 cm³/mol. The van der Waals surface area contributed by atoms with Gasteiger partial charge in [-0.3, -0.25) is 0 Å². The van der Waals surface area contributed by atoms with Crippen LogP contribution in [0.2, 0.25) is 0 Å². The second-order valence-electron chi connectivity index (χ2n) is 3.57. The largest absolute Gasteiger partial charge is 0.380 e. The molecule has 0 aliphatic heterocycles. The molecular weight excluding hydrogens is 349 g/mol. The van der Waals surface area contributed by atoms with Crippen LogP contribution in [0, 0.1) is 5.82 Å². The summed E-state index contributed by atoms with van der Waals surface area (Å²) in [7, 11) is 0. The maximum atomic E-state index is 13.5. The highest BCUT2D eigenvalue weighted by molar-refractivity contribution is 9.10. The van der Waals surface area contributed by atoms with Gasteiger partial charge in [-0.05, 0) is 46.3 Å². The Balaban J connectivity index is 2.12. The fourth-order valence-corrected chi connectivity index (χ4v) is 2.31. The molecule has 0 bridgehead atoms. The molecule has 0 spiro atoms. The predicted octanol–water partition coefficient (Wildman–Crippen LogP) is 4.96. The van der Waals surface area contributed by atoms with Crippen molar-refractivity contribution in [2.75, 3.05) is 5.32 Å². The van der Waals surface area contributed by atoms with Gasteiger partial charge in [0, 0.05) is 26.7 Å². The van der Waals surface area contributed by atoms with E-state index in [9.17, 15) is 4.39 Å². The second kappa shape index (κ2) is 5.65. The van der Waals surface area contributed by atoms with Crippen LogP contribution in [0.3, 0.4) is 0 Å². The number of para-hydroxylation sites is 1. The van der Waals surface area contributed by atoms with Crippen LogP contribution in [-0.2, 0) is 6.54 Å². The van der Waals surface area contributed by atoms with Crippen molar-refractivity contribution in [1.82, 2.24) is 0 Å². The summed E-state index contributed by atoms with van der Waals surface area (Å²) in [5, 5.41) is 3.19. The van der Waals surface area contributed by atoms with E-state index in [2.05, 4.69) is 37.2 Å². The Hall–Kier alpha value is -0.870. The van der Waals surface area contributed by atoms with Gasteiger partial charge in [0.15, 0.2) is 0 Å². The third-order valence-electron chi connectivity index (χ3n) is 2.35. The van der Waals surface area contributed by atoms with Gasteiger partial charge in [-0.2, -0.15) is 0 Å². The lowest BCUT2D eigenvalue weighted by atomic mass is 10.2. The molecule has 0 radical (unpaired) electrons. The minimum atomic E-state index is -0.201. The Morgan fingerprint density at radius 1 is 1.06 bits per heavy atom. The molecule has 2 rings (SSSR count). The van der Waals surface area contributed by atoms with Gasteiger partial charge in [0.05, 0.1) is 0 Å². The quantitative estimate of drug-likeness (QED) is 0.817. The first-order valence-electron chi connectivity index (χ1n) is 5.09. The van der Waals surface area contributed by atoms with E-state index >= 15 is 0 Å². The van der Waals surface area contributed by atoms with E-state index in [-0.39, 0.29) is 5.82 Å². The van der Waals surface area contributed by atoms with Gasteiger partial charge in [-0.15, -0.1) is 0 Å². The molecule has 4 heteroatoms. The molecule has 1 nitrogen and oxygen atoms in total. The average molecular weight is 359 g/mol. The lowest BCUT2D eigenvalue weighted by Crippen LogP contribution is -2.02. The van der Waals surface area contributed by atoms with Crippen LogP contribution in [0.1, 0.15) is 5.56 Å². The number of halogens is 3. The standard InChI is InChI=1S/C13H10Br2FN/c14-10-5-6-12(16)9(7-10)8-17-13-4-2-1-3-11(13)15/h1-7,17H,8H2. The molecule has 0 saturated carbocycles. The topological polar surface area (TPSA) is 12.0 Å². The summed E-state index contributed by atoms with van der Waals surface area (Å²) in [6.45, 7) is 0.452. The van der Waals surface area contributed by atoms with Crippen LogP contribution in [0.25, 0.3) is 0 Å². The van der Waals surface area contributed by atoms with E-state index in [1.807, 2.05) is 24.3 Å². The molecule has 0 saturated heterocycles. The van der Waals surface area contributed by atoms with E-state index in [1.165, 1.54) is 6.07 Å². The van der Waals surface area contributed by atoms with E-state index in [0.717, 1.165) is 14.6 Å². The summed E-state index contributed by atoms with van der Waals surface area (Å²) in [6, 6.07) is 12.7. The molecule has 88 valence electrons. The summed E-state index contributed by atoms with van der Waals surface area (Å²) in [5.74, 6) is -0.201. The maximum Gasteiger partial charge on any atom is 0.128 e. The van der Waals surface area contributed by atoms with Crippen molar-refractivity contribution in [3.8, 4) is 0 Å². The first kappa shape index (κ1) is 12.6. The van der Waals surface area contributed by atoms with Crippen LogP contribution >= 0.6 is 31.9 Å². The number of nitrogens with one attached hydrogen (secondary N) is 1. The summed E-state index contributed by atoms with van der Waals surface area (Å²) in [6.07, 6.45) is 0. The summed E-state index contributed by atoms with van der Waals surface area (Å²) in [5.41, 5.74) is 1.59. The fourth-order valence-electron chi connectivity index (χ4n) is 1.47. The monoisotopic (exact) mass is 357 g/mol. The molecule has 2 aromatic carbocycles. The van der Waals surface area contributed by atoms with Crippen LogP contribution in [0.5, 0.6) is 0 Å². The lowest BCUT2D eigenvalue weighted by Gasteiger charge is -2.09. The summed E-state index contributed by atoms with van der Waals surface area (Å²) in [4.78, 5) is 0. The molecule has 0 aromatic heterocycles. The first-order chi connectivity index (χ1) is 8.16. The Morgan fingerprint density at radius 3 is 2.59 bits per heavy atom. The Kier molecular flexibility index (Phi) is 4.18. The van der Waals surface area contributed by atoms with Gasteiger partial charge in [0.1, 0.15) is 5.82 Å². The molecule has 0 atom stereocenters. The molecule has 0 amide bonds. The van der Waals surface area contributed by atoms with E-state index < -0.39 is 0 Å². The van der Waals surface area contributed by atoms with E-state index in [4.69, 9.17) is 0 Å². The van der Waals surface area contributed by atoms with Gasteiger partial charge >= 0.3 is 0 Å². The van der Waals surface area contributed by atoms with Crippen LogP contribution in [0.15, 0.2) is 51.4 Å². The van der Waals surface area contributed by atoms with Crippen molar-refractivity contribution in [2.24, 2.45) is 0 Å². The van der Waals surface area contributed by atoms with Crippen molar-refractivity contribution >= 4 is 37.5 Å². The lowest BCUT2D eigenvalue weighted by molar-refractivity contribution is 0.612. The smallest absolute Gasteiger partial charge is 0.128 e. The van der Waals surface area contributed by atoms with Gasteiger partial charge in [-0.1, -0.05) is 28.1 Å². The van der Waals surface area contributed by atoms with Crippen molar-refractivity contribution < 1.29 is 4.39 Å². The number of hydrogen-bond donors (Lipinski definition) is 1. The molecule has 0 aliphatic carbocycles. The van der Waals surface area contributed by atoms with Gasteiger partial charge in [0.2, 0.25) is 0 Å². The van der Waals surface area contributed by atoms with Crippen LogP contribution in [-0.4, -0.2) is 0 Å². The Bertz CT molecular complexity index is 529. The first-order valence-corrected chi connectivity index (χ1v) is 6.68. The highest BCUT2D eigenvalue weighted by atomic mass is 79.9. The molecule has 0 aliphatic rings. The van der Waals surface area contributed by atoms with Crippen LogP contribution in [0.4, 0.5) is 10.1 Å². The van der Waals surface area contributed by atoms with Crippen LogP contribution < -0.4 is 5.32 Å². The molecule has 0 fully saturated rings. The Labute approximate surface area is 116 Å². The van der Waals surface area contributed by atoms with E-state index in [0.29, 0.717) is 12.1 Å². The molecule has 1 N–H and O–H groups in total. The average Bonchev–Trinajstić information content (AvgIpc) is 2.32. The molecule has 0 unspecified atom stereocenters. The molecular formula is C13H10Br2FN. The third kappa shape index (κ3) is 3.30. The van der Waals surface area contributed by atoms with Crippen molar-refractivity contribution in [2.45, 2.75) is 6.54 Å². The highest BCUT2D eigenvalue weighted by Crippen LogP contribution is 2.23. The highest BCUT2D eigenvalue weighted by Gasteiger charge is 2.03. The minimum Gasteiger partial charge on any atom is -0.380 e. The number of hydrogen-bond acceptors (Lipinski definition) is 1. The molecule has 2 aromatic rings. The zero-order valence-corrected chi connectivity index (χ0v) is 12.1. The molecule has 17 heavy (non-hydrogen) atoms. The van der Waals surface area contributed by atoms with Crippen molar-refractivity contribution in [3.05, 3.63) is 62.8 Å². The molecule has 0 heterocycles.